The van der Waals surface area contributed by atoms with Crippen LogP contribution in [0.15, 0.2) is 42.6 Å². The summed E-state index contributed by atoms with van der Waals surface area (Å²) in [5.74, 6) is 2.37. The van der Waals surface area contributed by atoms with E-state index in [1.807, 2.05) is 36.3 Å². The second-order valence-corrected chi connectivity index (χ2v) is 6.39. The molecule has 1 saturated heterocycles. The number of anilines is 1. The van der Waals surface area contributed by atoms with Crippen molar-refractivity contribution in [3.05, 3.63) is 48.2 Å². The third-order valence-electron chi connectivity index (χ3n) is 4.93. The molecule has 1 aromatic heterocycles. The maximum Gasteiger partial charge on any atom is 0.253 e. The predicted octanol–water partition coefficient (Wildman–Crippen LogP) is 2.55. The van der Waals surface area contributed by atoms with E-state index in [2.05, 4.69) is 9.88 Å². The van der Waals surface area contributed by atoms with E-state index in [0.717, 1.165) is 31.7 Å². The van der Waals surface area contributed by atoms with Gasteiger partial charge in [0.25, 0.3) is 5.91 Å². The van der Waals surface area contributed by atoms with E-state index in [0.29, 0.717) is 17.1 Å². The largest absolute Gasteiger partial charge is 0.454 e. The third-order valence-corrected chi connectivity index (χ3v) is 4.93. The number of fused-ring (bicyclic) bond motifs is 1. The van der Waals surface area contributed by atoms with Crippen LogP contribution in [0.25, 0.3) is 0 Å². The van der Waals surface area contributed by atoms with Crippen LogP contribution in [0.1, 0.15) is 23.2 Å². The zero-order valence-electron chi connectivity index (χ0n) is 14.2. The molecule has 1 fully saturated rings. The number of nitrogens with zero attached hydrogens (tertiary/aromatic N) is 3. The SMILES string of the molecule is CN(C(=O)c1ccc2c(c1)OCO2)C1CCN(c2ccccn2)CC1. The van der Waals surface area contributed by atoms with E-state index >= 15 is 0 Å². The molecule has 2 aromatic rings. The van der Waals surface area contributed by atoms with Crippen molar-refractivity contribution in [1.29, 1.82) is 0 Å². The number of benzene rings is 1. The second-order valence-electron chi connectivity index (χ2n) is 6.39. The monoisotopic (exact) mass is 339 g/mol. The summed E-state index contributed by atoms with van der Waals surface area (Å²) in [7, 11) is 1.88. The predicted molar refractivity (Wildman–Crippen MR) is 94.1 cm³/mol. The number of rotatable bonds is 3. The van der Waals surface area contributed by atoms with E-state index < -0.39 is 0 Å². The Balaban J connectivity index is 1.40. The Hall–Kier alpha value is -2.76. The first kappa shape index (κ1) is 15.7. The van der Waals surface area contributed by atoms with Crippen LogP contribution in [-0.2, 0) is 0 Å². The van der Waals surface area contributed by atoms with Crippen LogP contribution in [0.5, 0.6) is 11.5 Å². The molecule has 0 aliphatic carbocycles. The molecule has 25 heavy (non-hydrogen) atoms. The molecular formula is C19H21N3O3. The van der Waals surface area contributed by atoms with Crippen molar-refractivity contribution in [3.63, 3.8) is 0 Å². The number of amides is 1. The fourth-order valence-corrected chi connectivity index (χ4v) is 3.42. The van der Waals surface area contributed by atoms with E-state index in [1.54, 1.807) is 18.2 Å². The molecule has 0 atom stereocenters. The lowest BCUT2D eigenvalue weighted by atomic mass is 10.0. The highest BCUT2D eigenvalue weighted by Gasteiger charge is 2.27. The Morgan fingerprint density at radius 1 is 1.16 bits per heavy atom. The molecule has 0 N–H and O–H groups in total. The summed E-state index contributed by atoms with van der Waals surface area (Å²) in [6.45, 7) is 2.02. The van der Waals surface area contributed by atoms with Gasteiger partial charge in [0, 0.05) is 37.9 Å². The van der Waals surface area contributed by atoms with Crippen LogP contribution in [0.4, 0.5) is 5.82 Å². The summed E-state index contributed by atoms with van der Waals surface area (Å²) >= 11 is 0. The lowest BCUT2D eigenvalue weighted by Gasteiger charge is -2.37. The van der Waals surface area contributed by atoms with Crippen molar-refractivity contribution < 1.29 is 14.3 Å². The highest BCUT2D eigenvalue weighted by Crippen LogP contribution is 2.33. The summed E-state index contributed by atoms with van der Waals surface area (Å²) in [4.78, 5) is 21.3. The quantitative estimate of drug-likeness (QED) is 0.860. The topological polar surface area (TPSA) is 54.9 Å². The Kier molecular flexibility index (Phi) is 4.17. The van der Waals surface area contributed by atoms with Crippen LogP contribution >= 0.6 is 0 Å². The van der Waals surface area contributed by atoms with Crippen molar-refractivity contribution in [2.24, 2.45) is 0 Å². The molecule has 130 valence electrons. The molecule has 1 aromatic carbocycles. The van der Waals surface area contributed by atoms with Crippen molar-refractivity contribution >= 4 is 11.7 Å². The van der Waals surface area contributed by atoms with E-state index in [9.17, 15) is 4.79 Å². The molecule has 6 heteroatoms. The highest BCUT2D eigenvalue weighted by atomic mass is 16.7. The minimum Gasteiger partial charge on any atom is -0.454 e. The van der Waals surface area contributed by atoms with Gasteiger partial charge in [-0.05, 0) is 43.2 Å². The minimum atomic E-state index is 0.0228. The first-order valence-corrected chi connectivity index (χ1v) is 8.55. The maximum atomic E-state index is 12.8. The number of piperidine rings is 1. The van der Waals surface area contributed by atoms with Gasteiger partial charge in [0.2, 0.25) is 6.79 Å². The number of carbonyl (C=O) groups excluding carboxylic acids is 1. The molecule has 1 amide bonds. The smallest absolute Gasteiger partial charge is 0.253 e. The number of carbonyl (C=O) groups is 1. The lowest BCUT2D eigenvalue weighted by molar-refractivity contribution is 0.0708. The standard InChI is InChI=1S/C19H21N3O3/c1-21(19(23)14-5-6-16-17(12-14)25-13-24-16)15-7-10-22(11-8-15)18-4-2-3-9-20-18/h2-6,9,12,15H,7-8,10-11,13H2,1H3. The normalized spacial score (nSPS) is 16.8. The first-order valence-electron chi connectivity index (χ1n) is 8.55. The fraction of sp³-hybridized carbons (Fsp3) is 0.368. The van der Waals surface area contributed by atoms with Gasteiger partial charge in [-0.25, -0.2) is 4.98 Å². The molecular weight excluding hydrogens is 318 g/mol. The number of hydrogen-bond acceptors (Lipinski definition) is 5. The van der Waals surface area contributed by atoms with Crippen LogP contribution in [0, 0.1) is 0 Å². The van der Waals surface area contributed by atoms with Crippen molar-refractivity contribution in [3.8, 4) is 11.5 Å². The Labute approximate surface area is 147 Å². The number of ether oxygens (including phenoxy) is 2. The van der Waals surface area contributed by atoms with Gasteiger partial charge in [-0.3, -0.25) is 4.79 Å². The van der Waals surface area contributed by atoms with Gasteiger partial charge < -0.3 is 19.3 Å². The van der Waals surface area contributed by atoms with Crippen molar-refractivity contribution in [2.75, 3.05) is 31.8 Å². The Bertz CT molecular complexity index is 758. The van der Waals surface area contributed by atoms with Gasteiger partial charge in [-0.1, -0.05) is 6.07 Å². The zero-order valence-corrected chi connectivity index (χ0v) is 14.2. The third kappa shape index (κ3) is 3.12. The molecule has 0 spiro atoms. The molecule has 6 nitrogen and oxygen atoms in total. The molecule has 0 bridgehead atoms. The van der Waals surface area contributed by atoms with E-state index in [4.69, 9.17) is 9.47 Å². The van der Waals surface area contributed by atoms with Crippen molar-refractivity contribution in [1.82, 2.24) is 9.88 Å². The van der Waals surface area contributed by atoms with Gasteiger partial charge in [0.05, 0.1) is 0 Å². The van der Waals surface area contributed by atoms with E-state index in [1.165, 1.54) is 0 Å². The average molecular weight is 339 g/mol. The summed E-state index contributed by atoms with van der Waals surface area (Å²) in [6, 6.07) is 11.6. The number of aromatic nitrogens is 1. The Morgan fingerprint density at radius 2 is 1.96 bits per heavy atom. The molecule has 0 radical (unpaired) electrons. The summed E-state index contributed by atoms with van der Waals surface area (Å²) in [6.07, 6.45) is 3.68. The van der Waals surface area contributed by atoms with Crippen LogP contribution < -0.4 is 14.4 Å². The van der Waals surface area contributed by atoms with Gasteiger partial charge >= 0.3 is 0 Å². The molecule has 4 rings (SSSR count). The fourth-order valence-electron chi connectivity index (χ4n) is 3.42. The number of hydrogen-bond donors (Lipinski definition) is 0. The first-order chi connectivity index (χ1) is 12.2. The van der Waals surface area contributed by atoms with Gasteiger partial charge in [0.1, 0.15) is 5.82 Å². The van der Waals surface area contributed by atoms with Crippen LogP contribution in [-0.4, -0.2) is 48.8 Å². The molecule has 0 saturated carbocycles. The van der Waals surface area contributed by atoms with Gasteiger partial charge in [-0.15, -0.1) is 0 Å². The van der Waals surface area contributed by atoms with Crippen molar-refractivity contribution in [2.45, 2.75) is 18.9 Å². The summed E-state index contributed by atoms with van der Waals surface area (Å²) in [5, 5.41) is 0. The zero-order chi connectivity index (χ0) is 17.2. The molecule has 2 aliphatic heterocycles. The molecule has 0 unspecified atom stereocenters. The maximum absolute atomic E-state index is 12.8. The van der Waals surface area contributed by atoms with Gasteiger partial charge in [-0.2, -0.15) is 0 Å². The second kappa shape index (κ2) is 6.63. The Morgan fingerprint density at radius 3 is 2.72 bits per heavy atom. The average Bonchev–Trinajstić information content (AvgIpc) is 3.15. The molecule has 3 heterocycles. The molecule has 2 aliphatic rings. The lowest BCUT2D eigenvalue weighted by Crippen LogP contribution is -2.45. The summed E-state index contributed by atoms with van der Waals surface area (Å²) < 4.78 is 10.7. The van der Waals surface area contributed by atoms with E-state index in [-0.39, 0.29) is 18.7 Å². The van der Waals surface area contributed by atoms with Crippen LogP contribution in [0.2, 0.25) is 0 Å². The van der Waals surface area contributed by atoms with Crippen LogP contribution in [0.3, 0.4) is 0 Å². The highest BCUT2D eigenvalue weighted by molar-refractivity contribution is 5.95. The van der Waals surface area contributed by atoms with Gasteiger partial charge in [0.15, 0.2) is 11.5 Å². The number of pyridine rings is 1. The summed E-state index contributed by atoms with van der Waals surface area (Å²) in [5.41, 5.74) is 0.638. The minimum absolute atomic E-state index is 0.0228.